The van der Waals surface area contributed by atoms with Crippen molar-refractivity contribution in [3.8, 4) is 0 Å². The van der Waals surface area contributed by atoms with Gasteiger partial charge >= 0.3 is 5.97 Å². The van der Waals surface area contributed by atoms with Crippen molar-refractivity contribution in [1.82, 2.24) is 0 Å². The topological polar surface area (TPSA) is 38.8 Å². The predicted molar refractivity (Wildman–Crippen MR) is 64.5 cm³/mol. The number of hydrogen-bond donors (Lipinski definition) is 0. The summed E-state index contributed by atoms with van der Waals surface area (Å²) in [4.78, 5) is 11.9. The van der Waals surface area contributed by atoms with Gasteiger partial charge in [-0.1, -0.05) is 44.2 Å². The zero-order chi connectivity index (χ0) is 12.5. The van der Waals surface area contributed by atoms with Crippen LogP contribution in [0.25, 0.3) is 0 Å². The van der Waals surface area contributed by atoms with Crippen molar-refractivity contribution in [2.75, 3.05) is 7.11 Å². The molecular weight excluding hydrogens is 216 g/mol. The van der Waals surface area contributed by atoms with E-state index in [1.54, 1.807) is 0 Å². The van der Waals surface area contributed by atoms with Crippen LogP contribution in [-0.4, -0.2) is 18.7 Å². The zero-order valence-electron chi connectivity index (χ0n) is 10.5. The summed E-state index contributed by atoms with van der Waals surface area (Å²) >= 11 is 0. The van der Waals surface area contributed by atoms with Crippen LogP contribution in [0.15, 0.2) is 30.3 Å². The average Bonchev–Trinajstić information content (AvgIpc) is 3.10. The molecule has 0 spiro atoms. The van der Waals surface area contributed by atoms with E-state index in [1.165, 1.54) is 7.11 Å². The molecule has 1 aliphatic rings. The molecule has 1 heterocycles. The van der Waals surface area contributed by atoms with E-state index in [4.69, 9.17) is 9.47 Å². The number of benzene rings is 1. The molecule has 2 atom stereocenters. The summed E-state index contributed by atoms with van der Waals surface area (Å²) in [6.45, 7) is 3.99. The molecule has 0 bridgehead atoms. The second-order valence-corrected chi connectivity index (χ2v) is 4.32. The smallest absolute Gasteiger partial charge is 0.341 e. The average molecular weight is 234 g/mol. The number of carbonyl (C=O) groups excluding carboxylic acids is 1. The maximum absolute atomic E-state index is 11.9. The molecule has 92 valence electrons. The van der Waals surface area contributed by atoms with Crippen molar-refractivity contribution in [3.63, 3.8) is 0 Å². The second kappa shape index (κ2) is 4.15. The van der Waals surface area contributed by atoms with Gasteiger partial charge in [-0.2, -0.15) is 0 Å². The quantitative estimate of drug-likeness (QED) is 0.594. The third-order valence-electron chi connectivity index (χ3n) is 3.71. The summed E-state index contributed by atoms with van der Waals surface area (Å²) in [5, 5.41) is 0. The number of epoxide rings is 1. The molecule has 3 heteroatoms. The fourth-order valence-corrected chi connectivity index (χ4v) is 2.71. The van der Waals surface area contributed by atoms with Gasteiger partial charge in [0.25, 0.3) is 0 Å². The molecular formula is C14H18O3. The molecule has 17 heavy (non-hydrogen) atoms. The molecule has 0 amide bonds. The van der Waals surface area contributed by atoms with Crippen LogP contribution in [0.4, 0.5) is 0 Å². The third kappa shape index (κ3) is 1.49. The van der Waals surface area contributed by atoms with Crippen LogP contribution in [0.3, 0.4) is 0 Å². The highest BCUT2D eigenvalue weighted by Crippen LogP contribution is 2.60. The van der Waals surface area contributed by atoms with Crippen LogP contribution in [0.5, 0.6) is 0 Å². The molecule has 2 rings (SSSR count). The molecule has 0 aromatic heterocycles. The molecule has 1 fully saturated rings. The summed E-state index contributed by atoms with van der Waals surface area (Å²) in [6, 6.07) is 9.90. The van der Waals surface area contributed by atoms with Crippen LogP contribution in [0, 0.1) is 0 Å². The van der Waals surface area contributed by atoms with Crippen molar-refractivity contribution in [2.24, 2.45) is 0 Å². The zero-order valence-corrected chi connectivity index (χ0v) is 10.5. The molecule has 0 aliphatic carbocycles. The van der Waals surface area contributed by atoms with E-state index >= 15 is 0 Å². The van der Waals surface area contributed by atoms with Gasteiger partial charge < -0.3 is 9.47 Å². The van der Waals surface area contributed by atoms with Crippen molar-refractivity contribution >= 4 is 5.97 Å². The monoisotopic (exact) mass is 234 g/mol. The molecule has 1 aromatic rings. The Morgan fingerprint density at radius 2 is 1.88 bits per heavy atom. The summed E-state index contributed by atoms with van der Waals surface area (Å²) in [7, 11) is 1.41. The maximum Gasteiger partial charge on any atom is 0.341 e. The van der Waals surface area contributed by atoms with E-state index < -0.39 is 11.2 Å². The van der Waals surface area contributed by atoms with E-state index in [2.05, 4.69) is 0 Å². The molecule has 0 N–H and O–H groups in total. The Hall–Kier alpha value is -1.35. The molecule has 0 radical (unpaired) electrons. The second-order valence-electron chi connectivity index (χ2n) is 4.32. The number of esters is 1. The summed E-state index contributed by atoms with van der Waals surface area (Å²) in [5.41, 5.74) is -0.247. The van der Waals surface area contributed by atoms with Crippen LogP contribution >= 0.6 is 0 Å². The van der Waals surface area contributed by atoms with Gasteiger partial charge in [0, 0.05) is 0 Å². The summed E-state index contributed by atoms with van der Waals surface area (Å²) in [5.74, 6) is -0.272. The van der Waals surface area contributed by atoms with Gasteiger partial charge in [-0.3, -0.25) is 0 Å². The summed E-state index contributed by atoms with van der Waals surface area (Å²) in [6.07, 6.45) is 1.39. The van der Waals surface area contributed by atoms with Crippen molar-refractivity contribution < 1.29 is 14.3 Å². The van der Waals surface area contributed by atoms with Gasteiger partial charge in [-0.15, -0.1) is 0 Å². The van der Waals surface area contributed by atoms with E-state index in [-0.39, 0.29) is 5.97 Å². The number of carbonyl (C=O) groups is 1. The van der Waals surface area contributed by atoms with Crippen LogP contribution in [-0.2, 0) is 19.9 Å². The first-order chi connectivity index (χ1) is 8.16. The molecule has 0 saturated carbocycles. The van der Waals surface area contributed by atoms with Gasteiger partial charge in [0.2, 0.25) is 0 Å². The lowest BCUT2D eigenvalue weighted by molar-refractivity contribution is -0.147. The van der Waals surface area contributed by atoms with Crippen LogP contribution < -0.4 is 0 Å². The van der Waals surface area contributed by atoms with E-state index in [1.807, 2.05) is 44.2 Å². The Bertz CT molecular complexity index is 415. The Labute approximate surface area is 102 Å². The van der Waals surface area contributed by atoms with Crippen molar-refractivity contribution in [3.05, 3.63) is 35.9 Å². The van der Waals surface area contributed by atoms with Gasteiger partial charge in [-0.25, -0.2) is 4.79 Å². The molecule has 1 aliphatic heterocycles. The van der Waals surface area contributed by atoms with E-state index in [0.717, 1.165) is 12.0 Å². The normalized spacial score (nSPS) is 31.0. The number of methoxy groups -OCH3 is 1. The first-order valence-corrected chi connectivity index (χ1v) is 6.01. The van der Waals surface area contributed by atoms with E-state index in [9.17, 15) is 4.79 Å². The Morgan fingerprint density at radius 3 is 2.35 bits per heavy atom. The van der Waals surface area contributed by atoms with Crippen LogP contribution in [0.1, 0.15) is 32.3 Å². The lowest BCUT2D eigenvalue weighted by Gasteiger charge is -2.16. The molecule has 1 aromatic carbocycles. The van der Waals surface area contributed by atoms with Crippen molar-refractivity contribution in [2.45, 2.75) is 37.9 Å². The first-order valence-electron chi connectivity index (χ1n) is 6.01. The molecule has 2 unspecified atom stereocenters. The predicted octanol–water partition coefficient (Wildman–Crippen LogP) is 2.64. The fraction of sp³-hybridized carbons (Fsp3) is 0.500. The lowest BCUT2D eigenvalue weighted by Crippen LogP contribution is -2.33. The highest BCUT2D eigenvalue weighted by atomic mass is 16.7. The SMILES string of the molecule is CCC1(C(=O)OC)OC1(CC)c1ccccc1. The Balaban J connectivity index is 2.40. The minimum absolute atomic E-state index is 0.272. The maximum atomic E-state index is 11.9. The van der Waals surface area contributed by atoms with Crippen molar-refractivity contribution in [1.29, 1.82) is 0 Å². The highest BCUT2D eigenvalue weighted by molar-refractivity contribution is 5.85. The minimum atomic E-state index is -0.794. The highest BCUT2D eigenvalue weighted by Gasteiger charge is 2.74. The number of hydrogen-bond acceptors (Lipinski definition) is 3. The molecule has 3 nitrogen and oxygen atoms in total. The Morgan fingerprint density at radius 1 is 1.24 bits per heavy atom. The molecule has 1 saturated heterocycles. The first kappa shape index (κ1) is 12.1. The lowest BCUT2D eigenvalue weighted by atomic mass is 9.82. The number of ether oxygens (including phenoxy) is 2. The van der Waals surface area contributed by atoms with Gasteiger partial charge in [0.1, 0.15) is 5.60 Å². The van der Waals surface area contributed by atoms with Gasteiger partial charge in [0.15, 0.2) is 5.60 Å². The third-order valence-corrected chi connectivity index (χ3v) is 3.71. The fourth-order valence-electron chi connectivity index (χ4n) is 2.71. The van der Waals surface area contributed by atoms with Gasteiger partial charge in [-0.05, 0) is 18.4 Å². The van der Waals surface area contributed by atoms with E-state index in [0.29, 0.717) is 6.42 Å². The summed E-state index contributed by atoms with van der Waals surface area (Å²) < 4.78 is 10.7. The minimum Gasteiger partial charge on any atom is -0.467 e. The Kier molecular flexibility index (Phi) is 2.96. The van der Waals surface area contributed by atoms with Gasteiger partial charge in [0.05, 0.1) is 7.11 Å². The largest absolute Gasteiger partial charge is 0.467 e. The van der Waals surface area contributed by atoms with Crippen LogP contribution in [0.2, 0.25) is 0 Å². The number of rotatable bonds is 4. The standard InChI is InChI=1S/C14H18O3/c1-4-13(11-9-7-6-8-10-11)14(5-2,17-13)12(15)16-3/h6-10H,4-5H2,1-3H3.